The van der Waals surface area contributed by atoms with Crippen molar-refractivity contribution in [3.63, 3.8) is 0 Å². The van der Waals surface area contributed by atoms with Gasteiger partial charge in [-0.15, -0.1) is 0 Å². The van der Waals surface area contributed by atoms with E-state index in [0.717, 1.165) is 55.7 Å². The number of rotatable bonds is 11. The summed E-state index contributed by atoms with van der Waals surface area (Å²) >= 11 is 0. The Morgan fingerprint density at radius 2 is 1.23 bits per heavy atom. The van der Waals surface area contributed by atoms with Crippen LogP contribution in [-0.4, -0.2) is 85.0 Å². The van der Waals surface area contributed by atoms with Gasteiger partial charge in [-0.3, -0.25) is 0 Å². The van der Waals surface area contributed by atoms with Gasteiger partial charge >= 0.3 is 23.9 Å². The molecule has 2 aromatic carbocycles. The van der Waals surface area contributed by atoms with Crippen molar-refractivity contribution in [2.75, 3.05) is 7.11 Å². The molecule has 0 saturated carbocycles. The Bertz CT molecular complexity index is 1360. The van der Waals surface area contributed by atoms with Crippen molar-refractivity contribution >= 4 is 36.0 Å². The molecule has 0 saturated heterocycles. The third kappa shape index (κ3) is 8.81. The molecule has 0 aliphatic rings. The largest absolute Gasteiger partial charge is 0.504 e. The monoisotopic (exact) mass is 560 g/mol. The molecular formula is C26H24O14. The van der Waals surface area contributed by atoms with Gasteiger partial charge in [-0.1, -0.05) is 12.1 Å². The van der Waals surface area contributed by atoms with Crippen molar-refractivity contribution in [2.45, 2.75) is 18.3 Å². The molecule has 212 valence electrons. The molecule has 0 aromatic heterocycles. The number of carbonyl (C=O) groups is 4. The molecule has 14 heteroatoms. The minimum absolute atomic E-state index is 0.217. The van der Waals surface area contributed by atoms with E-state index in [1.54, 1.807) is 0 Å². The molecule has 0 fully saturated rings. The first-order valence-electron chi connectivity index (χ1n) is 11.0. The average Bonchev–Trinajstić information content (AvgIpc) is 2.91. The topological polar surface area (TPSA) is 238 Å². The Kier molecular flexibility index (Phi) is 10.7. The molecule has 2 rings (SSSR count). The van der Waals surface area contributed by atoms with Crippen LogP contribution in [0.1, 0.15) is 11.1 Å². The fraction of sp³-hybridized carbons (Fsp3) is 0.154. The van der Waals surface area contributed by atoms with E-state index >= 15 is 0 Å². The number of esters is 3. The molecule has 3 atom stereocenters. The fourth-order valence-electron chi connectivity index (χ4n) is 2.95. The van der Waals surface area contributed by atoms with E-state index in [9.17, 15) is 49.8 Å². The van der Waals surface area contributed by atoms with E-state index in [0.29, 0.717) is 6.08 Å². The van der Waals surface area contributed by atoms with Crippen LogP contribution in [0.5, 0.6) is 23.0 Å². The zero-order valence-corrected chi connectivity index (χ0v) is 20.6. The minimum Gasteiger partial charge on any atom is -0.504 e. The highest BCUT2D eigenvalue weighted by atomic mass is 16.6. The molecule has 2 aromatic rings. The molecule has 7 N–H and O–H groups in total. The SMILES string of the molecule is COC(=O)C(O)C(OC(=O)C=Cc1ccc(O)c(O)c1)C(C=C(O)C(=O)O)OC(=O)C=Cc1ccc(O)c(O)c1. The van der Waals surface area contributed by atoms with Crippen LogP contribution in [0.2, 0.25) is 0 Å². The molecule has 14 nitrogen and oxygen atoms in total. The van der Waals surface area contributed by atoms with E-state index in [2.05, 4.69) is 4.74 Å². The number of hydrogen-bond donors (Lipinski definition) is 7. The Morgan fingerprint density at radius 1 is 0.750 bits per heavy atom. The molecule has 0 bridgehead atoms. The number of carboxylic acids is 1. The van der Waals surface area contributed by atoms with Gasteiger partial charge in [0.25, 0.3) is 0 Å². The molecular weight excluding hydrogens is 536 g/mol. The smallest absolute Gasteiger partial charge is 0.370 e. The number of aliphatic hydroxyl groups is 2. The fourth-order valence-corrected chi connectivity index (χ4v) is 2.95. The molecule has 0 amide bonds. The standard InChI is InChI=1S/C26H24O14/c1-38-26(37)23(34)24(40-22(33)9-5-14-3-7-16(28)18(30)11-14)20(12-19(31)25(35)36)39-21(32)8-4-13-2-6-15(27)17(29)10-13/h2-12,20,23-24,27-31,34H,1H3,(H,35,36). The molecule has 3 unspecified atom stereocenters. The van der Waals surface area contributed by atoms with Crippen LogP contribution in [0.25, 0.3) is 12.2 Å². The number of aliphatic hydroxyl groups excluding tert-OH is 2. The number of aliphatic carboxylic acids is 1. The second kappa shape index (κ2) is 13.9. The number of ether oxygens (including phenoxy) is 3. The van der Waals surface area contributed by atoms with Gasteiger partial charge < -0.3 is 50.0 Å². The van der Waals surface area contributed by atoms with Gasteiger partial charge in [-0.05, 0) is 47.5 Å². The molecule has 0 heterocycles. The van der Waals surface area contributed by atoms with Gasteiger partial charge in [0, 0.05) is 18.2 Å². The first kappa shape index (κ1) is 30.7. The number of aromatic hydroxyl groups is 4. The summed E-state index contributed by atoms with van der Waals surface area (Å²) < 4.78 is 14.5. The lowest BCUT2D eigenvalue weighted by atomic mass is 10.1. The maximum absolute atomic E-state index is 12.5. The summed E-state index contributed by atoms with van der Waals surface area (Å²) in [6.45, 7) is 0. The van der Waals surface area contributed by atoms with Crippen molar-refractivity contribution in [1.29, 1.82) is 0 Å². The van der Waals surface area contributed by atoms with E-state index in [1.807, 2.05) is 0 Å². The number of phenols is 4. The van der Waals surface area contributed by atoms with Crippen LogP contribution in [0.3, 0.4) is 0 Å². The van der Waals surface area contributed by atoms with Crippen molar-refractivity contribution in [2.24, 2.45) is 0 Å². The normalized spacial score (nSPS) is 13.9. The van der Waals surface area contributed by atoms with Gasteiger partial charge in [-0.25, -0.2) is 19.2 Å². The van der Waals surface area contributed by atoms with Crippen LogP contribution in [0, 0.1) is 0 Å². The van der Waals surface area contributed by atoms with Crippen LogP contribution >= 0.6 is 0 Å². The van der Waals surface area contributed by atoms with E-state index in [1.165, 1.54) is 12.1 Å². The highest BCUT2D eigenvalue weighted by Crippen LogP contribution is 2.26. The van der Waals surface area contributed by atoms with Crippen LogP contribution in [0.4, 0.5) is 0 Å². The summed E-state index contributed by atoms with van der Waals surface area (Å²) in [6.07, 6.45) is -2.36. The van der Waals surface area contributed by atoms with Gasteiger partial charge in [0.05, 0.1) is 7.11 Å². The highest BCUT2D eigenvalue weighted by molar-refractivity contribution is 5.89. The maximum atomic E-state index is 12.5. The molecule has 40 heavy (non-hydrogen) atoms. The number of phenolic OH excluding ortho intramolecular Hbond substituents is 4. The summed E-state index contributed by atoms with van der Waals surface area (Å²) in [5, 5.41) is 67.1. The van der Waals surface area contributed by atoms with Gasteiger partial charge in [-0.2, -0.15) is 0 Å². The van der Waals surface area contributed by atoms with Crippen molar-refractivity contribution in [3.05, 3.63) is 71.5 Å². The summed E-state index contributed by atoms with van der Waals surface area (Å²) in [5.74, 6) is -8.97. The number of methoxy groups -OCH3 is 1. The second-order valence-electron chi connectivity index (χ2n) is 7.79. The van der Waals surface area contributed by atoms with Crippen LogP contribution in [0.15, 0.2) is 60.4 Å². The lowest BCUT2D eigenvalue weighted by Crippen LogP contribution is -2.47. The summed E-state index contributed by atoms with van der Waals surface area (Å²) in [6, 6.07) is 7.09. The maximum Gasteiger partial charge on any atom is 0.370 e. The van der Waals surface area contributed by atoms with Crippen molar-refractivity contribution in [1.82, 2.24) is 0 Å². The lowest BCUT2D eigenvalue weighted by molar-refractivity contribution is -0.177. The van der Waals surface area contributed by atoms with Crippen LogP contribution in [-0.2, 0) is 33.4 Å². The van der Waals surface area contributed by atoms with Crippen molar-refractivity contribution < 1.29 is 69.1 Å². The molecule has 0 aliphatic carbocycles. The zero-order chi connectivity index (χ0) is 30.0. The van der Waals surface area contributed by atoms with Gasteiger partial charge in [0.15, 0.2) is 41.3 Å². The van der Waals surface area contributed by atoms with E-state index < -0.39 is 70.9 Å². The van der Waals surface area contributed by atoms with Crippen LogP contribution < -0.4 is 0 Å². The number of benzene rings is 2. The lowest BCUT2D eigenvalue weighted by Gasteiger charge is -2.26. The van der Waals surface area contributed by atoms with Gasteiger partial charge in [0.2, 0.25) is 5.76 Å². The van der Waals surface area contributed by atoms with E-state index in [-0.39, 0.29) is 11.1 Å². The number of carboxylic acid groups (broad SMARTS) is 1. The third-order valence-electron chi connectivity index (χ3n) is 4.95. The third-order valence-corrected chi connectivity index (χ3v) is 4.95. The van der Waals surface area contributed by atoms with Crippen molar-refractivity contribution in [3.8, 4) is 23.0 Å². The van der Waals surface area contributed by atoms with E-state index in [4.69, 9.17) is 14.6 Å². The Hall–Kier alpha value is -5.50. The minimum atomic E-state index is -2.34. The van der Waals surface area contributed by atoms with Gasteiger partial charge in [0.1, 0.15) is 0 Å². The summed E-state index contributed by atoms with van der Waals surface area (Å²) in [5.41, 5.74) is 0.435. The Balaban J connectivity index is 2.37. The number of carbonyl (C=O) groups excluding carboxylic acids is 3. The second-order valence-corrected chi connectivity index (χ2v) is 7.79. The predicted molar refractivity (Wildman–Crippen MR) is 134 cm³/mol. The summed E-state index contributed by atoms with van der Waals surface area (Å²) in [7, 11) is 0.878. The quantitative estimate of drug-likeness (QED) is 0.0670. The Morgan fingerprint density at radius 3 is 1.65 bits per heavy atom. The summed E-state index contributed by atoms with van der Waals surface area (Å²) in [4.78, 5) is 48.2. The average molecular weight is 560 g/mol. The highest BCUT2D eigenvalue weighted by Gasteiger charge is 2.39. The molecule has 0 aliphatic heterocycles. The zero-order valence-electron chi connectivity index (χ0n) is 20.6. The Labute approximate surface area is 225 Å². The first-order chi connectivity index (χ1) is 18.8. The predicted octanol–water partition coefficient (Wildman–Crippen LogP) is 1.12. The number of hydrogen-bond acceptors (Lipinski definition) is 13. The molecule has 0 spiro atoms. The molecule has 0 radical (unpaired) electrons. The first-order valence-corrected chi connectivity index (χ1v) is 11.0.